The molecule has 0 spiro atoms. The van der Waals surface area contributed by atoms with E-state index in [9.17, 15) is 0 Å². The lowest BCUT2D eigenvalue weighted by molar-refractivity contribution is 1.06. The smallest absolute Gasteiger partial charge is 0.108 e. The molecule has 1 aromatic rings. The zero-order valence-corrected chi connectivity index (χ0v) is 9.00. The van der Waals surface area contributed by atoms with E-state index >= 15 is 0 Å². The largest absolute Gasteiger partial charge is 0.341 e. The minimum Gasteiger partial charge on any atom is -0.341 e. The minimum atomic E-state index is 0.718. The first-order chi connectivity index (χ1) is 7.35. The van der Waals surface area contributed by atoms with Crippen LogP contribution in [0.2, 0.25) is 0 Å². The number of nitriles is 1. The van der Waals surface area contributed by atoms with Crippen LogP contribution in [0, 0.1) is 11.3 Å². The lowest BCUT2D eigenvalue weighted by atomic mass is 10.3. The van der Waals surface area contributed by atoms with Crippen LogP contribution in [-0.2, 0) is 0 Å². The fourth-order valence-corrected chi connectivity index (χ4v) is 2.38. The number of fused-ring (bicyclic) bond motifs is 1. The molecule has 0 radical (unpaired) electrons. The molecule has 0 aliphatic carbocycles. The van der Waals surface area contributed by atoms with Gasteiger partial charge in [0.25, 0.3) is 0 Å². The van der Waals surface area contributed by atoms with E-state index < -0.39 is 0 Å². The van der Waals surface area contributed by atoms with Gasteiger partial charge in [-0.15, -0.1) is 6.58 Å². The van der Waals surface area contributed by atoms with Gasteiger partial charge in [-0.25, -0.2) is 0 Å². The van der Waals surface area contributed by atoms with E-state index in [-0.39, 0.29) is 0 Å². The predicted molar refractivity (Wildman–Crippen MR) is 63.5 cm³/mol. The van der Waals surface area contributed by atoms with Crippen molar-refractivity contribution in [1.82, 2.24) is 0 Å². The van der Waals surface area contributed by atoms with Crippen molar-refractivity contribution in [2.75, 3.05) is 11.4 Å². The van der Waals surface area contributed by atoms with E-state index in [4.69, 9.17) is 5.26 Å². The summed E-state index contributed by atoms with van der Waals surface area (Å²) >= 11 is 1.51. The van der Waals surface area contributed by atoms with Crippen molar-refractivity contribution in [2.45, 2.75) is 4.90 Å². The number of nitrogens with zero attached hydrogens (tertiary/aromatic N) is 2. The van der Waals surface area contributed by atoms with Gasteiger partial charge in [-0.2, -0.15) is 5.26 Å². The average molecular weight is 214 g/mol. The zero-order valence-electron chi connectivity index (χ0n) is 8.18. The average Bonchev–Trinajstić information content (AvgIpc) is 2.29. The van der Waals surface area contributed by atoms with Crippen LogP contribution in [0.1, 0.15) is 0 Å². The monoisotopic (exact) mass is 214 g/mol. The van der Waals surface area contributed by atoms with Crippen molar-refractivity contribution in [3.8, 4) is 6.07 Å². The second-order valence-corrected chi connectivity index (χ2v) is 4.20. The van der Waals surface area contributed by atoms with E-state index in [0.717, 1.165) is 22.0 Å². The SMILES string of the molecule is C=CCN1C=C(C#N)Sc2ccccc21. The zero-order chi connectivity index (χ0) is 10.7. The summed E-state index contributed by atoms with van der Waals surface area (Å²) in [6.07, 6.45) is 3.70. The third kappa shape index (κ3) is 1.90. The molecule has 2 nitrogen and oxygen atoms in total. The van der Waals surface area contributed by atoms with Gasteiger partial charge in [-0.05, 0) is 12.1 Å². The molecular formula is C12H10N2S. The summed E-state index contributed by atoms with van der Waals surface area (Å²) in [7, 11) is 0. The summed E-state index contributed by atoms with van der Waals surface area (Å²) < 4.78 is 0. The molecule has 1 aliphatic rings. The molecule has 0 atom stereocenters. The fraction of sp³-hybridized carbons (Fsp3) is 0.0833. The van der Waals surface area contributed by atoms with Crippen molar-refractivity contribution in [2.24, 2.45) is 0 Å². The number of benzene rings is 1. The minimum absolute atomic E-state index is 0.718. The summed E-state index contributed by atoms with van der Waals surface area (Å²) in [5.74, 6) is 0. The molecule has 1 aliphatic heterocycles. The van der Waals surface area contributed by atoms with Crippen LogP contribution >= 0.6 is 11.8 Å². The first-order valence-corrected chi connectivity index (χ1v) is 5.43. The van der Waals surface area contributed by atoms with Gasteiger partial charge in [0.2, 0.25) is 0 Å². The van der Waals surface area contributed by atoms with Crippen LogP contribution in [0.4, 0.5) is 5.69 Å². The van der Waals surface area contributed by atoms with Crippen molar-refractivity contribution < 1.29 is 0 Å². The van der Waals surface area contributed by atoms with Gasteiger partial charge in [-0.3, -0.25) is 0 Å². The van der Waals surface area contributed by atoms with Crippen molar-refractivity contribution >= 4 is 17.4 Å². The van der Waals surface area contributed by atoms with E-state index in [0.29, 0.717) is 0 Å². The van der Waals surface area contributed by atoms with Crippen LogP contribution in [0.3, 0.4) is 0 Å². The molecule has 0 N–H and O–H groups in total. The van der Waals surface area contributed by atoms with Crippen molar-refractivity contribution in [3.63, 3.8) is 0 Å². The Morgan fingerprint density at radius 3 is 3.00 bits per heavy atom. The van der Waals surface area contributed by atoms with Crippen LogP contribution in [0.15, 0.2) is 52.9 Å². The maximum Gasteiger partial charge on any atom is 0.108 e. The maximum absolute atomic E-state index is 8.91. The van der Waals surface area contributed by atoms with Gasteiger partial charge < -0.3 is 4.90 Å². The first kappa shape index (κ1) is 9.88. The van der Waals surface area contributed by atoms with Crippen LogP contribution < -0.4 is 4.90 Å². The first-order valence-electron chi connectivity index (χ1n) is 4.61. The molecule has 74 valence electrons. The predicted octanol–water partition coefficient (Wildman–Crippen LogP) is 3.15. The van der Waals surface area contributed by atoms with E-state index in [1.54, 1.807) is 0 Å². The Morgan fingerprint density at radius 2 is 2.27 bits per heavy atom. The number of anilines is 1. The summed E-state index contributed by atoms with van der Waals surface area (Å²) in [4.78, 5) is 3.88. The Bertz CT molecular complexity index is 457. The number of hydrogen-bond donors (Lipinski definition) is 0. The highest BCUT2D eigenvalue weighted by molar-refractivity contribution is 8.03. The van der Waals surface area contributed by atoms with Gasteiger partial charge in [-0.1, -0.05) is 30.0 Å². The standard InChI is InChI=1S/C12H10N2S/c1-2-7-14-9-10(8-13)15-12-6-4-3-5-11(12)14/h2-6,9H,1,7H2. The van der Waals surface area contributed by atoms with Crippen LogP contribution in [-0.4, -0.2) is 6.54 Å². The lowest BCUT2D eigenvalue weighted by Crippen LogP contribution is -2.19. The highest BCUT2D eigenvalue weighted by atomic mass is 32.2. The van der Waals surface area contributed by atoms with Gasteiger partial charge in [0.15, 0.2) is 0 Å². The number of hydrogen-bond acceptors (Lipinski definition) is 3. The fourth-order valence-electron chi connectivity index (χ4n) is 1.48. The third-order valence-electron chi connectivity index (χ3n) is 2.10. The topological polar surface area (TPSA) is 27.0 Å². The summed E-state index contributed by atoms with van der Waals surface area (Å²) in [5, 5.41) is 8.91. The van der Waals surface area contributed by atoms with Crippen LogP contribution in [0.25, 0.3) is 0 Å². The van der Waals surface area contributed by atoms with Crippen LogP contribution in [0.5, 0.6) is 0 Å². The molecule has 0 amide bonds. The number of rotatable bonds is 2. The lowest BCUT2D eigenvalue weighted by Gasteiger charge is -2.25. The normalized spacial score (nSPS) is 13.8. The Kier molecular flexibility index (Phi) is 2.79. The van der Waals surface area contributed by atoms with Gasteiger partial charge in [0, 0.05) is 17.6 Å². The molecule has 15 heavy (non-hydrogen) atoms. The molecule has 2 rings (SSSR count). The molecule has 0 aromatic heterocycles. The van der Waals surface area contributed by atoms with Crippen molar-refractivity contribution in [1.29, 1.82) is 5.26 Å². The van der Waals surface area contributed by atoms with Gasteiger partial charge in [0.1, 0.15) is 11.0 Å². The van der Waals surface area contributed by atoms with Gasteiger partial charge in [0.05, 0.1) is 5.69 Å². The number of thioether (sulfide) groups is 1. The Labute approximate surface area is 93.5 Å². The van der Waals surface area contributed by atoms with E-state index in [1.807, 2.05) is 35.4 Å². The molecule has 0 unspecified atom stereocenters. The maximum atomic E-state index is 8.91. The van der Waals surface area contributed by atoms with Crippen molar-refractivity contribution in [3.05, 3.63) is 48.0 Å². The number of para-hydroxylation sites is 1. The van der Waals surface area contributed by atoms with Gasteiger partial charge >= 0.3 is 0 Å². The molecular weight excluding hydrogens is 204 g/mol. The third-order valence-corrected chi connectivity index (χ3v) is 3.09. The molecule has 1 aromatic carbocycles. The Morgan fingerprint density at radius 1 is 1.47 bits per heavy atom. The quantitative estimate of drug-likeness (QED) is 0.708. The molecule has 0 fully saturated rings. The molecule has 0 saturated carbocycles. The molecule has 0 bridgehead atoms. The highest BCUT2D eigenvalue weighted by Crippen LogP contribution is 2.39. The summed E-state index contributed by atoms with van der Waals surface area (Å²) in [5.41, 5.74) is 1.14. The summed E-state index contributed by atoms with van der Waals surface area (Å²) in [6, 6.07) is 10.2. The van der Waals surface area contributed by atoms with E-state index in [2.05, 4.69) is 18.7 Å². The summed E-state index contributed by atoms with van der Waals surface area (Å²) in [6.45, 7) is 4.44. The second kappa shape index (κ2) is 4.24. The molecule has 1 heterocycles. The Balaban J connectivity index is 2.43. The molecule has 0 saturated heterocycles. The Hall–Kier alpha value is -1.66. The van der Waals surface area contributed by atoms with E-state index in [1.165, 1.54) is 11.8 Å². The molecule has 3 heteroatoms. The highest BCUT2D eigenvalue weighted by Gasteiger charge is 2.16. The second-order valence-electron chi connectivity index (χ2n) is 3.12. The number of allylic oxidation sites excluding steroid dienone is 1.